The Morgan fingerprint density at radius 3 is 2.67 bits per heavy atom. The Morgan fingerprint density at radius 1 is 1.33 bits per heavy atom. The van der Waals surface area contributed by atoms with Crippen LogP contribution >= 0.6 is 11.8 Å². The number of ether oxygens (including phenoxy) is 1. The van der Waals surface area contributed by atoms with Crippen LogP contribution in [0.15, 0.2) is 29.4 Å². The highest BCUT2D eigenvalue weighted by Crippen LogP contribution is 2.24. The van der Waals surface area contributed by atoms with Crippen LogP contribution in [0.2, 0.25) is 0 Å². The number of thioether (sulfide) groups is 1. The fourth-order valence-corrected chi connectivity index (χ4v) is 2.51. The van der Waals surface area contributed by atoms with Crippen molar-refractivity contribution in [1.29, 1.82) is 0 Å². The molecule has 1 heterocycles. The van der Waals surface area contributed by atoms with Gasteiger partial charge in [0.05, 0.1) is 18.9 Å². The van der Waals surface area contributed by atoms with Crippen LogP contribution in [0.5, 0.6) is 0 Å². The molecule has 0 saturated heterocycles. The molecule has 0 aliphatic heterocycles. The summed E-state index contributed by atoms with van der Waals surface area (Å²) in [5.74, 6) is -0.197. The lowest BCUT2D eigenvalue weighted by Gasteiger charge is -2.09. The molecule has 0 saturated carbocycles. The lowest BCUT2D eigenvalue weighted by molar-refractivity contribution is -0.133. The molecular formula is C14H17N3O3S. The van der Waals surface area contributed by atoms with Gasteiger partial charge in [-0.3, -0.25) is 9.36 Å². The predicted octanol–water partition coefficient (Wildman–Crippen LogP) is 2.08. The molecule has 1 N–H and O–H groups in total. The second-order valence-corrected chi connectivity index (χ2v) is 5.44. The summed E-state index contributed by atoms with van der Waals surface area (Å²) in [5.41, 5.74) is 2.12. The Bertz CT molecular complexity index is 610. The molecule has 2 rings (SSSR count). The Balaban J connectivity index is 2.31. The highest BCUT2D eigenvalue weighted by Gasteiger charge is 2.15. The zero-order valence-corrected chi connectivity index (χ0v) is 12.8. The molecule has 7 heteroatoms. The maximum absolute atomic E-state index is 10.7. The van der Waals surface area contributed by atoms with Gasteiger partial charge in [-0.2, -0.15) is 0 Å². The molecule has 0 atom stereocenters. The summed E-state index contributed by atoms with van der Waals surface area (Å²) in [6.07, 6.45) is 0. The first-order chi connectivity index (χ1) is 10.1. The smallest absolute Gasteiger partial charge is 0.313 e. The summed E-state index contributed by atoms with van der Waals surface area (Å²) >= 11 is 1.16. The van der Waals surface area contributed by atoms with Crippen molar-refractivity contribution in [3.05, 3.63) is 29.8 Å². The summed E-state index contributed by atoms with van der Waals surface area (Å²) < 4.78 is 6.99. The van der Waals surface area contributed by atoms with E-state index in [1.807, 2.05) is 35.8 Å². The van der Waals surface area contributed by atoms with Gasteiger partial charge in [0.25, 0.3) is 0 Å². The molecule has 2 aromatic rings. The van der Waals surface area contributed by atoms with E-state index in [1.165, 1.54) is 5.56 Å². The van der Waals surface area contributed by atoms with Crippen molar-refractivity contribution < 1.29 is 14.6 Å². The minimum absolute atomic E-state index is 0.0426. The lowest BCUT2D eigenvalue weighted by Crippen LogP contribution is -2.08. The van der Waals surface area contributed by atoms with E-state index in [-0.39, 0.29) is 5.75 Å². The van der Waals surface area contributed by atoms with Gasteiger partial charge in [-0.05, 0) is 6.92 Å². The molecule has 1 aromatic carbocycles. The Hall–Kier alpha value is -1.86. The van der Waals surface area contributed by atoms with E-state index in [1.54, 1.807) is 7.11 Å². The van der Waals surface area contributed by atoms with Crippen molar-refractivity contribution >= 4 is 17.7 Å². The van der Waals surface area contributed by atoms with Gasteiger partial charge in [-0.15, -0.1) is 10.2 Å². The van der Waals surface area contributed by atoms with E-state index in [0.29, 0.717) is 18.3 Å². The molecule has 0 radical (unpaired) electrons. The molecule has 0 aliphatic rings. The van der Waals surface area contributed by atoms with Crippen molar-refractivity contribution in [1.82, 2.24) is 14.8 Å². The van der Waals surface area contributed by atoms with Crippen LogP contribution < -0.4 is 0 Å². The van der Waals surface area contributed by atoms with Gasteiger partial charge in [-0.1, -0.05) is 41.6 Å². The topological polar surface area (TPSA) is 77.2 Å². The van der Waals surface area contributed by atoms with Crippen LogP contribution in [0.25, 0.3) is 11.4 Å². The average Bonchev–Trinajstić information content (AvgIpc) is 2.86. The van der Waals surface area contributed by atoms with Gasteiger partial charge in [0.2, 0.25) is 0 Å². The van der Waals surface area contributed by atoms with Crippen molar-refractivity contribution in [2.45, 2.75) is 18.6 Å². The van der Waals surface area contributed by atoms with Gasteiger partial charge in [0, 0.05) is 12.7 Å². The van der Waals surface area contributed by atoms with Crippen LogP contribution in [0, 0.1) is 6.92 Å². The monoisotopic (exact) mass is 307 g/mol. The molecule has 6 nitrogen and oxygen atoms in total. The van der Waals surface area contributed by atoms with E-state index < -0.39 is 5.97 Å². The maximum atomic E-state index is 10.7. The van der Waals surface area contributed by atoms with Crippen LogP contribution in [0.4, 0.5) is 0 Å². The first-order valence-corrected chi connectivity index (χ1v) is 7.44. The summed E-state index contributed by atoms with van der Waals surface area (Å²) in [6, 6.07) is 7.98. The normalized spacial score (nSPS) is 10.8. The van der Waals surface area contributed by atoms with Gasteiger partial charge < -0.3 is 9.84 Å². The van der Waals surface area contributed by atoms with E-state index in [2.05, 4.69) is 10.2 Å². The molecule has 0 spiro atoms. The largest absolute Gasteiger partial charge is 0.481 e. The Morgan fingerprint density at radius 2 is 2.05 bits per heavy atom. The Kier molecular flexibility index (Phi) is 5.35. The number of benzene rings is 1. The van der Waals surface area contributed by atoms with Crippen molar-refractivity contribution in [2.24, 2.45) is 0 Å². The fraction of sp³-hybridized carbons (Fsp3) is 0.357. The quantitative estimate of drug-likeness (QED) is 0.789. The van der Waals surface area contributed by atoms with Crippen LogP contribution in [-0.4, -0.2) is 45.3 Å². The zero-order valence-electron chi connectivity index (χ0n) is 11.9. The minimum atomic E-state index is -0.877. The second kappa shape index (κ2) is 7.24. The first kappa shape index (κ1) is 15.5. The zero-order chi connectivity index (χ0) is 15.2. The lowest BCUT2D eigenvalue weighted by atomic mass is 10.1. The second-order valence-electron chi connectivity index (χ2n) is 4.50. The molecule has 21 heavy (non-hydrogen) atoms. The van der Waals surface area contributed by atoms with E-state index in [9.17, 15) is 4.79 Å². The SMILES string of the molecule is COCCn1c(SCC(=O)O)nnc1-c1ccc(C)cc1. The number of carbonyl (C=O) groups is 1. The summed E-state index contributed by atoms with van der Waals surface area (Å²) in [6.45, 7) is 3.11. The van der Waals surface area contributed by atoms with Crippen LogP contribution in [0.1, 0.15) is 5.56 Å². The third kappa shape index (κ3) is 4.05. The van der Waals surface area contributed by atoms with Gasteiger partial charge in [0.1, 0.15) is 0 Å². The third-order valence-electron chi connectivity index (χ3n) is 2.87. The molecule has 112 valence electrons. The first-order valence-electron chi connectivity index (χ1n) is 6.45. The number of hydrogen-bond acceptors (Lipinski definition) is 5. The number of carboxylic acid groups (broad SMARTS) is 1. The number of nitrogens with zero attached hydrogens (tertiary/aromatic N) is 3. The number of aromatic nitrogens is 3. The number of methoxy groups -OCH3 is 1. The summed E-state index contributed by atoms with van der Waals surface area (Å²) in [5, 5.41) is 17.7. The number of hydrogen-bond donors (Lipinski definition) is 1. The number of aliphatic carboxylic acids is 1. The van der Waals surface area contributed by atoms with Gasteiger partial charge in [0.15, 0.2) is 11.0 Å². The number of rotatable bonds is 7. The molecule has 0 fully saturated rings. The molecule has 0 aliphatic carbocycles. The molecule has 0 amide bonds. The van der Waals surface area contributed by atoms with E-state index in [0.717, 1.165) is 23.1 Å². The van der Waals surface area contributed by atoms with Crippen molar-refractivity contribution in [3.8, 4) is 11.4 Å². The molecule has 0 bridgehead atoms. The van der Waals surface area contributed by atoms with Crippen LogP contribution in [0.3, 0.4) is 0 Å². The molecular weight excluding hydrogens is 290 g/mol. The minimum Gasteiger partial charge on any atom is -0.481 e. The summed E-state index contributed by atoms with van der Waals surface area (Å²) in [4.78, 5) is 10.7. The predicted molar refractivity (Wildman–Crippen MR) is 80.4 cm³/mol. The van der Waals surface area contributed by atoms with Crippen LogP contribution in [-0.2, 0) is 16.1 Å². The van der Waals surface area contributed by atoms with Gasteiger partial charge >= 0.3 is 5.97 Å². The number of aryl methyl sites for hydroxylation is 1. The standard InChI is InChI=1S/C14H17N3O3S/c1-10-3-5-11(6-4-10)13-15-16-14(21-9-12(18)19)17(13)7-8-20-2/h3-6H,7-9H2,1-2H3,(H,18,19). The van der Waals surface area contributed by atoms with E-state index in [4.69, 9.17) is 9.84 Å². The highest BCUT2D eigenvalue weighted by molar-refractivity contribution is 7.99. The highest BCUT2D eigenvalue weighted by atomic mass is 32.2. The van der Waals surface area contributed by atoms with Crippen molar-refractivity contribution in [3.63, 3.8) is 0 Å². The third-order valence-corrected chi connectivity index (χ3v) is 3.82. The van der Waals surface area contributed by atoms with Gasteiger partial charge in [-0.25, -0.2) is 0 Å². The maximum Gasteiger partial charge on any atom is 0.313 e. The summed E-state index contributed by atoms with van der Waals surface area (Å²) in [7, 11) is 1.62. The Labute approximate surface area is 127 Å². The number of carboxylic acids is 1. The average molecular weight is 307 g/mol. The molecule has 0 unspecified atom stereocenters. The van der Waals surface area contributed by atoms with E-state index >= 15 is 0 Å². The fourth-order valence-electron chi connectivity index (χ4n) is 1.82. The molecule has 1 aromatic heterocycles. The van der Waals surface area contributed by atoms with Crippen molar-refractivity contribution in [2.75, 3.05) is 19.5 Å².